The highest BCUT2D eigenvalue weighted by Crippen LogP contribution is 2.28. The molecule has 0 saturated carbocycles. The van der Waals surface area contributed by atoms with E-state index in [2.05, 4.69) is 36.8 Å². The molecule has 0 amide bonds. The minimum absolute atomic E-state index is 0.103. The molecule has 0 aliphatic carbocycles. The molecule has 1 heterocycles. The van der Waals surface area contributed by atoms with Gasteiger partial charge in [-0.3, -0.25) is 0 Å². The standard InChI is InChI=1S/C6H7Br2N3O3/c1-2-14-3-10-5(11(12)13)4(7)9-6(10)8/h2-3H2,1H3. The third-order valence-electron chi connectivity index (χ3n) is 1.45. The Kier molecular flexibility index (Phi) is 4.02. The lowest BCUT2D eigenvalue weighted by molar-refractivity contribution is -0.394. The van der Waals surface area contributed by atoms with Crippen molar-refractivity contribution in [2.75, 3.05) is 6.61 Å². The van der Waals surface area contributed by atoms with Crippen LogP contribution < -0.4 is 0 Å². The Morgan fingerprint density at radius 1 is 1.64 bits per heavy atom. The smallest absolute Gasteiger partial charge is 0.358 e. The zero-order valence-electron chi connectivity index (χ0n) is 7.24. The minimum atomic E-state index is -0.513. The number of aromatic nitrogens is 2. The molecule has 0 N–H and O–H groups in total. The molecule has 0 saturated heterocycles. The fraction of sp³-hybridized carbons (Fsp3) is 0.500. The van der Waals surface area contributed by atoms with Gasteiger partial charge in [0.1, 0.15) is 0 Å². The fourth-order valence-electron chi connectivity index (χ4n) is 0.861. The van der Waals surface area contributed by atoms with Gasteiger partial charge in [0.05, 0.1) is 0 Å². The first-order chi connectivity index (χ1) is 6.57. The molecule has 0 radical (unpaired) electrons. The molecule has 0 bridgehead atoms. The highest BCUT2D eigenvalue weighted by molar-refractivity contribution is 9.11. The van der Waals surface area contributed by atoms with Gasteiger partial charge in [0.2, 0.25) is 4.60 Å². The maximum atomic E-state index is 10.7. The third kappa shape index (κ3) is 2.31. The molecule has 1 rings (SSSR count). The Hall–Kier alpha value is -0.470. The SMILES string of the molecule is CCOCn1c(Br)nc(Br)c1[N+](=O)[O-]. The van der Waals surface area contributed by atoms with Crippen molar-refractivity contribution in [2.45, 2.75) is 13.7 Å². The molecule has 0 spiro atoms. The summed E-state index contributed by atoms with van der Waals surface area (Å²) < 4.78 is 6.95. The first kappa shape index (κ1) is 11.6. The highest BCUT2D eigenvalue weighted by Gasteiger charge is 2.24. The molecule has 6 nitrogen and oxygen atoms in total. The average molecular weight is 329 g/mol. The van der Waals surface area contributed by atoms with Crippen molar-refractivity contribution >= 4 is 37.7 Å². The monoisotopic (exact) mass is 327 g/mol. The first-order valence-corrected chi connectivity index (χ1v) is 5.30. The van der Waals surface area contributed by atoms with Gasteiger partial charge >= 0.3 is 5.82 Å². The van der Waals surface area contributed by atoms with Crippen molar-refractivity contribution in [1.82, 2.24) is 9.55 Å². The lowest BCUT2D eigenvalue weighted by atomic mass is 10.7. The molecule has 1 aromatic heterocycles. The predicted molar refractivity (Wildman–Crippen MR) is 55.9 cm³/mol. The van der Waals surface area contributed by atoms with Crippen LogP contribution in [0.1, 0.15) is 6.92 Å². The van der Waals surface area contributed by atoms with Crippen LogP contribution in [0.4, 0.5) is 5.82 Å². The van der Waals surface area contributed by atoms with Gasteiger partial charge in [0, 0.05) is 22.5 Å². The Morgan fingerprint density at radius 2 is 2.29 bits per heavy atom. The molecule has 0 atom stereocenters. The first-order valence-electron chi connectivity index (χ1n) is 3.71. The van der Waals surface area contributed by atoms with Crippen molar-refractivity contribution in [3.63, 3.8) is 0 Å². The normalized spacial score (nSPS) is 10.5. The second-order valence-corrected chi connectivity index (χ2v) is 3.76. The maximum absolute atomic E-state index is 10.7. The number of hydrogen-bond donors (Lipinski definition) is 0. The minimum Gasteiger partial charge on any atom is -0.358 e. The fourth-order valence-corrected chi connectivity index (χ4v) is 2.07. The van der Waals surface area contributed by atoms with E-state index in [1.807, 2.05) is 6.92 Å². The van der Waals surface area contributed by atoms with Gasteiger partial charge in [-0.2, -0.15) is 9.55 Å². The second-order valence-electron chi connectivity index (χ2n) is 2.30. The topological polar surface area (TPSA) is 70.2 Å². The van der Waals surface area contributed by atoms with Crippen LogP contribution in [0, 0.1) is 10.1 Å². The van der Waals surface area contributed by atoms with Crippen LogP contribution in [0.2, 0.25) is 0 Å². The van der Waals surface area contributed by atoms with Gasteiger partial charge in [0.15, 0.2) is 6.73 Å². The van der Waals surface area contributed by atoms with E-state index in [1.54, 1.807) is 0 Å². The van der Waals surface area contributed by atoms with Crippen LogP contribution in [-0.4, -0.2) is 21.1 Å². The van der Waals surface area contributed by atoms with E-state index >= 15 is 0 Å². The summed E-state index contributed by atoms with van der Waals surface area (Å²) in [5.41, 5.74) is 0. The zero-order chi connectivity index (χ0) is 10.7. The summed E-state index contributed by atoms with van der Waals surface area (Å²) in [7, 11) is 0. The van der Waals surface area contributed by atoms with E-state index in [9.17, 15) is 10.1 Å². The van der Waals surface area contributed by atoms with Gasteiger partial charge in [-0.25, -0.2) is 0 Å². The number of halogens is 2. The van der Waals surface area contributed by atoms with Crippen LogP contribution >= 0.6 is 31.9 Å². The number of imidazole rings is 1. The lowest BCUT2D eigenvalue weighted by Crippen LogP contribution is -2.06. The maximum Gasteiger partial charge on any atom is 0.360 e. The van der Waals surface area contributed by atoms with Gasteiger partial charge in [-0.15, -0.1) is 0 Å². The van der Waals surface area contributed by atoms with Crippen molar-refractivity contribution in [1.29, 1.82) is 0 Å². The summed E-state index contributed by atoms with van der Waals surface area (Å²) >= 11 is 6.11. The summed E-state index contributed by atoms with van der Waals surface area (Å²) in [5, 5.41) is 10.7. The molecule has 1 aromatic rings. The number of nitrogens with zero attached hydrogens (tertiary/aromatic N) is 3. The second kappa shape index (κ2) is 4.85. The molecule has 0 aliphatic rings. The summed E-state index contributed by atoms with van der Waals surface area (Å²) in [5.74, 6) is -0.120. The van der Waals surface area contributed by atoms with E-state index in [-0.39, 0.29) is 17.2 Å². The van der Waals surface area contributed by atoms with E-state index in [0.717, 1.165) is 0 Å². The third-order valence-corrected chi connectivity index (χ3v) is 2.59. The van der Waals surface area contributed by atoms with Crippen LogP contribution in [0.5, 0.6) is 0 Å². The Balaban J connectivity index is 3.05. The molecule has 8 heteroatoms. The van der Waals surface area contributed by atoms with Crippen LogP contribution in [0.3, 0.4) is 0 Å². The summed E-state index contributed by atoms with van der Waals surface area (Å²) in [6, 6.07) is 0. The van der Waals surface area contributed by atoms with Gasteiger partial charge in [-0.1, -0.05) is 0 Å². The molecular weight excluding hydrogens is 322 g/mol. The Bertz CT molecular complexity index is 352. The molecule has 0 aromatic carbocycles. The molecule has 0 aliphatic heterocycles. The van der Waals surface area contributed by atoms with E-state index in [0.29, 0.717) is 11.3 Å². The number of rotatable bonds is 4. The largest absolute Gasteiger partial charge is 0.360 e. The van der Waals surface area contributed by atoms with Gasteiger partial charge < -0.3 is 14.9 Å². The predicted octanol–water partition coefficient (Wildman–Crippen LogP) is 2.31. The summed E-state index contributed by atoms with van der Waals surface area (Å²) in [6.07, 6.45) is 0. The van der Waals surface area contributed by atoms with Gasteiger partial charge in [0.25, 0.3) is 4.73 Å². The molecule has 0 unspecified atom stereocenters. The number of nitro groups is 1. The van der Waals surface area contributed by atoms with Crippen LogP contribution in [0.25, 0.3) is 0 Å². The quantitative estimate of drug-likeness (QED) is 0.628. The Morgan fingerprint density at radius 3 is 2.79 bits per heavy atom. The van der Waals surface area contributed by atoms with Crippen molar-refractivity contribution in [3.05, 3.63) is 19.5 Å². The van der Waals surface area contributed by atoms with Crippen molar-refractivity contribution < 1.29 is 9.66 Å². The van der Waals surface area contributed by atoms with E-state index < -0.39 is 4.92 Å². The molecular formula is C6H7Br2N3O3. The van der Waals surface area contributed by atoms with Crippen LogP contribution in [-0.2, 0) is 11.5 Å². The summed E-state index contributed by atoms with van der Waals surface area (Å²) in [6.45, 7) is 2.40. The number of ether oxygens (including phenoxy) is 1. The van der Waals surface area contributed by atoms with E-state index in [1.165, 1.54) is 4.57 Å². The molecule has 14 heavy (non-hydrogen) atoms. The zero-order valence-corrected chi connectivity index (χ0v) is 10.4. The van der Waals surface area contributed by atoms with Gasteiger partial charge in [-0.05, 0) is 27.8 Å². The van der Waals surface area contributed by atoms with Crippen molar-refractivity contribution in [2.24, 2.45) is 0 Å². The Labute approximate surface area is 96.7 Å². The average Bonchev–Trinajstić information content (AvgIpc) is 2.37. The van der Waals surface area contributed by atoms with Crippen molar-refractivity contribution in [3.8, 4) is 0 Å². The van der Waals surface area contributed by atoms with E-state index in [4.69, 9.17) is 4.74 Å². The van der Waals surface area contributed by atoms with Crippen LogP contribution in [0.15, 0.2) is 9.34 Å². The highest BCUT2D eigenvalue weighted by atomic mass is 79.9. The summed E-state index contributed by atoms with van der Waals surface area (Å²) in [4.78, 5) is 14.0. The molecule has 78 valence electrons. The lowest BCUT2D eigenvalue weighted by Gasteiger charge is -2.01. The number of hydrogen-bond acceptors (Lipinski definition) is 4. The molecule has 0 fully saturated rings.